The highest BCUT2D eigenvalue weighted by Crippen LogP contribution is 2.39. The third kappa shape index (κ3) is 6.79. The molecule has 2 N–H and O–H groups in total. The van der Waals surface area contributed by atoms with Crippen LogP contribution in [-0.2, 0) is 17.9 Å². The van der Waals surface area contributed by atoms with Crippen molar-refractivity contribution in [2.75, 3.05) is 19.5 Å². The molecule has 0 aliphatic carbocycles. The van der Waals surface area contributed by atoms with Gasteiger partial charge in [-0.15, -0.1) is 11.3 Å². The molecule has 9 nitrogen and oxygen atoms in total. The van der Waals surface area contributed by atoms with Crippen molar-refractivity contribution in [3.8, 4) is 16.1 Å². The Bertz CT molecular complexity index is 2220. The molecule has 0 saturated heterocycles. The number of hydrogen-bond donors (Lipinski definition) is 2. The number of anilines is 1. The van der Waals surface area contributed by atoms with Gasteiger partial charge in [-0.05, 0) is 67.1 Å². The number of thiophene rings is 1. The van der Waals surface area contributed by atoms with Gasteiger partial charge in [-0.25, -0.2) is 28.4 Å². The van der Waals surface area contributed by atoms with Gasteiger partial charge in [0, 0.05) is 28.7 Å². The number of rotatable bonds is 10. The van der Waals surface area contributed by atoms with Crippen LogP contribution in [0, 0.1) is 11.6 Å². The van der Waals surface area contributed by atoms with Crippen LogP contribution in [0.5, 0.6) is 0 Å². The van der Waals surface area contributed by atoms with Crippen LogP contribution >= 0.6 is 11.3 Å². The molecule has 0 radical (unpaired) electrons. The van der Waals surface area contributed by atoms with Gasteiger partial charge in [0.15, 0.2) is 0 Å². The van der Waals surface area contributed by atoms with E-state index in [-0.39, 0.29) is 21.8 Å². The Labute approximate surface area is 284 Å². The molecule has 2 heterocycles. The Kier molecular flexibility index (Phi) is 9.81. The average molecular weight is 682 g/mol. The first kappa shape index (κ1) is 33.5. The van der Waals surface area contributed by atoms with Gasteiger partial charge in [-0.3, -0.25) is 19.1 Å². The number of para-hydroxylation sites is 1. The maximum atomic E-state index is 15.0. The fraction of sp³-hybridized carbons (Fsp3) is 0.162. The predicted octanol–water partition coefficient (Wildman–Crippen LogP) is 7.08. The molecule has 0 unspecified atom stereocenters. The molecular formula is C37H33F2N5O4S. The smallest absolute Gasteiger partial charge is 0.306 e. The molecule has 2 amide bonds. The van der Waals surface area contributed by atoms with Crippen LogP contribution in [0.2, 0.25) is 0 Å². The Morgan fingerprint density at radius 2 is 1.51 bits per heavy atom. The van der Waals surface area contributed by atoms with Crippen LogP contribution in [-0.4, -0.2) is 34.2 Å². The first-order valence-electron chi connectivity index (χ1n) is 15.4. The highest BCUT2D eigenvalue weighted by atomic mass is 32.1. The fourth-order valence-electron chi connectivity index (χ4n) is 5.77. The van der Waals surface area contributed by atoms with Gasteiger partial charge in [-0.1, -0.05) is 66.7 Å². The molecule has 6 rings (SSSR count). The molecule has 250 valence electrons. The minimum absolute atomic E-state index is 0.0513. The lowest BCUT2D eigenvalue weighted by molar-refractivity contribution is 0.114. The monoisotopic (exact) mass is 681 g/mol. The van der Waals surface area contributed by atoms with E-state index in [1.54, 1.807) is 54.6 Å². The van der Waals surface area contributed by atoms with Crippen molar-refractivity contribution < 1.29 is 18.4 Å². The zero-order valence-corrected chi connectivity index (χ0v) is 27.8. The lowest BCUT2D eigenvalue weighted by Crippen LogP contribution is -2.39. The molecule has 0 aliphatic rings. The first-order chi connectivity index (χ1) is 23.7. The highest BCUT2D eigenvalue weighted by Gasteiger charge is 2.26. The number of benzene rings is 4. The Morgan fingerprint density at radius 3 is 2.14 bits per heavy atom. The highest BCUT2D eigenvalue weighted by molar-refractivity contribution is 7.22. The van der Waals surface area contributed by atoms with Crippen molar-refractivity contribution in [1.29, 1.82) is 0 Å². The van der Waals surface area contributed by atoms with Gasteiger partial charge < -0.3 is 5.32 Å². The lowest BCUT2D eigenvalue weighted by Gasteiger charge is -2.25. The summed E-state index contributed by atoms with van der Waals surface area (Å²) in [4.78, 5) is 48.5. The van der Waals surface area contributed by atoms with E-state index in [1.807, 2.05) is 37.4 Å². The number of halogens is 2. The van der Waals surface area contributed by atoms with Gasteiger partial charge in [-0.2, -0.15) is 0 Å². The van der Waals surface area contributed by atoms with Gasteiger partial charge in [0.2, 0.25) is 0 Å². The molecule has 0 aliphatic heterocycles. The van der Waals surface area contributed by atoms with Crippen LogP contribution in [0.3, 0.4) is 0 Å². The number of carbonyl (C=O) groups is 1. The Balaban J connectivity index is 1.60. The van der Waals surface area contributed by atoms with Gasteiger partial charge in [0.25, 0.3) is 5.56 Å². The van der Waals surface area contributed by atoms with Crippen LogP contribution in [0.25, 0.3) is 26.3 Å². The summed E-state index contributed by atoms with van der Waals surface area (Å²) < 4.78 is 32.4. The molecule has 1 atom stereocenters. The van der Waals surface area contributed by atoms with E-state index < -0.39 is 35.5 Å². The molecule has 0 fully saturated rings. The number of hydroxylamine groups is 1. The van der Waals surface area contributed by atoms with Crippen molar-refractivity contribution in [3.05, 3.63) is 152 Å². The molecule has 0 saturated carbocycles. The number of aromatic nitrogens is 2. The van der Waals surface area contributed by atoms with E-state index in [0.29, 0.717) is 28.4 Å². The maximum Gasteiger partial charge on any atom is 0.343 e. The van der Waals surface area contributed by atoms with Gasteiger partial charge in [0.1, 0.15) is 16.5 Å². The standard InChI is InChI=1S/C37H33F2N5O4S/c1-23(24-11-6-4-7-12-24)42(2)21-29-32-34(45)44(27-13-8-5-9-14-27)37(47)43(22-28-30(38)15-10-16-31(28)39)35(32)49-33(29)25-17-19-26(20-18-25)40-36(46)41-48-3/h4-20,23H,21-22H2,1-3H3,(H2,40,41,46)/t23-/m1/s1. The topological polar surface area (TPSA) is 97.6 Å². The molecule has 4 aromatic carbocycles. The summed E-state index contributed by atoms with van der Waals surface area (Å²) in [5.74, 6) is -1.60. The van der Waals surface area contributed by atoms with Crippen molar-refractivity contribution >= 4 is 33.3 Å². The average Bonchev–Trinajstić information content (AvgIpc) is 3.47. The van der Waals surface area contributed by atoms with Gasteiger partial charge >= 0.3 is 11.7 Å². The molecular weight excluding hydrogens is 649 g/mol. The van der Waals surface area contributed by atoms with E-state index in [2.05, 4.69) is 27.5 Å². The minimum atomic E-state index is -0.800. The predicted molar refractivity (Wildman–Crippen MR) is 188 cm³/mol. The second kappa shape index (κ2) is 14.4. The number of nitrogens with one attached hydrogen (secondary N) is 2. The van der Waals surface area contributed by atoms with Crippen molar-refractivity contribution in [2.45, 2.75) is 26.1 Å². The second-order valence-electron chi connectivity index (χ2n) is 11.5. The lowest BCUT2D eigenvalue weighted by atomic mass is 10.0. The number of carbonyl (C=O) groups excluding carboxylic acids is 1. The number of urea groups is 1. The Morgan fingerprint density at radius 1 is 0.878 bits per heavy atom. The van der Waals surface area contributed by atoms with Crippen molar-refractivity contribution in [3.63, 3.8) is 0 Å². The summed E-state index contributed by atoms with van der Waals surface area (Å²) in [6, 6.07) is 28.4. The van der Waals surface area contributed by atoms with E-state index in [4.69, 9.17) is 0 Å². The third-order valence-corrected chi connectivity index (χ3v) is 9.72. The molecule has 0 spiro atoms. The zero-order chi connectivity index (χ0) is 34.7. The SMILES string of the molecule is CONC(=O)Nc1ccc(-c2sc3c(c2CN(C)[C@H](C)c2ccccc2)c(=O)n(-c2ccccc2)c(=O)n3Cc2c(F)cccc2F)cc1. The summed E-state index contributed by atoms with van der Waals surface area (Å²) in [6.07, 6.45) is 0. The van der Waals surface area contributed by atoms with Crippen molar-refractivity contribution in [1.82, 2.24) is 19.5 Å². The van der Waals surface area contributed by atoms with E-state index in [1.165, 1.54) is 29.1 Å². The molecule has 12 heteroatoms. The first-order valence-corrected chi connectivity index (χ1v) is 16.2. The molecule has 6 aromatic rings. The molecule has 0 bridgehead atoms. The zero-order valence-electron chi connectivity index (χ0n) is 26.9. The third-order valence-electron chi connectivity index (χ3n) is 8.42. The van der Waals surface area contributed by atoms with Crippen LogP contribution in [0.1, 0.15) is 29.7 Å². The fourth-order valence-corrected chi connectivity index (χ4v) is 7.07. The quantitative estimate of drug-likeness (QED) is 0.151. The minimum Gasteiger partial charge on any atom is -0.306 e. The number of amides is 2. The van der Waals surface area contributed by atoms with E-state index in [9.17, 15) is 14.4 Å². The molecule has 2 aromatic heterocycles. The molecule has 49 heavy (non-hydrogen) atoms. The summed E-state index contributed by atoms with van der Waals surface area (Å²) in [6.45, 7) is 1.93. The summed E-state index contributed by atoms with van der Waals surface area (Å²) in [7, 11) is 3.28. The van der Waals surface area contributed by atoms with Crippen molar-refractivity contribution in [2.24, 2.45) is 0 Å². The second-order valence-corrected chi connectivity index (χ2v) is 12.5. The number of hydrogen-bond acceptors (Lipinski definition) is 6. The normalized spacial score (nSPS) is 12.0. The number of nitrogens with zero attached hydrogens (tertiary/aromatic N) is 3. The Hall–Kier alpha value is -5.43. The summed E-state index contributed by atoms with van der Waals surface area (Å²) in [5, 5.41) is 2.94. The van der Waals surface area contributed by atoms with Crippen LogP contribution in [0.15, 0.2) is 113 Å². The number of fused-ring (bicyclic) bond motifs is 1. The largest absolute Gasteiger partial charge is 0.343 e. The van der Waals surface area contributed by atoms with Crippen LogP contribution in [0.4, 0.5) is 19.3 Å². The summed E-state index contributed by atoms with van der Waals surface area (Å²) >= 11 is 1.20. The van der Waals surface area contributed by atoms with E-state index in [0.717, 1.165) is 27.8 Å². The van der Waals surface area contributed by atoms with Crippen LogP contribution < -0.4 is 22.0 Å². The van der Waals surface area contributed by atoms with E-state index >= 15 is 8.78 Å². The maximum absolute atomic E-state index is 15.0. The van der Waals surface area contributed by atoms with Gasteiger partial charge in [0.05, 0.1) is 24.7 Å². The summed E-state index contributed by atoms with van der Waals surface area (Å²) in [5.41, 5.74) is 3.92.